The highest BCUT2D eigenvalue weighted by Crippen LogP contribution is 2.32. The van der Waals surface area contributed by atoms with E-state index in [2.05, 4.69) is 15.7 Å². The summed E-state index contributed by atoms with van der Waals surface area (Å²) in [5.41, 5.74) is 2.85. The van der Waals surface area contributed by atoms with Crippen molar-refractivity contribution < 1.29 is 14.3 Å². The van der Waals surface area contributed by atoms with Crippen molar-refractivity contribution >= 4 is 29.3 Å². The largest absolute Gasteiger partial charge is 0.479 e. The van der Waals surface area contributed by atoms with Gasteiger partial charge in [0.25, 0.3) is 5.91 Å². The van der Waals surface area contributed by atoms with E-state index in [1.807, 2.05) is 36.5 Å². The van der Waals surface area contributed by atoms with E-state index in [1.165, 1.54) is 6.08 Å². The number of aromatic nitrogens is 2. The number of rotatable bonds is 4. The maximum atomic E-state index is 12.2. The van der Waals surface area contributed by atoms with E-state index >= 15 is 0 Å². The Labute approximate surface area is 161 Å². The quantitative estimate of drug-likeness (QED) is 0.687. The third-order valence-corrected chi connectivity index (χ3v) is 4.23. The summed E-state index contributed by atoms with van der Waals surface area (Å²) in [6.45, 7) is 1.68. The number of para-hydroxylation sites is 1. The molecule has 0 saturated carbocycles. The van der Waals surface area contributed by atoms with Gasteiger partial charge in [-0.25, -0.2) is 4.68 Å². The number of carbonyl (C=O) groups excluding carboxylic acids is 2. The van der Waals surface area contributed by atoms with Crippen LogP contribution in [0.1, 0.15) is 12.5 Å². The van der Waals surface area contributed by atoms with E-state index in [-0.39, 0.29) is 11.8 Å². The molecule has 0 radical (unpaired) electrons. The molecular formula is C21H18N4O3. The van der Waals surface area contributed by atoms with Crippen LogP contribution in [0.5, 0.6) is 5.75 Å². The van der Waals surface area contributed by atoms with Crippen LogP contribution in [0.2, 0.25) is 0 Å². The fourth-order valence-corrected chi connectivity index (χ4v) is 2.79. The fraction of sp³-hybridized carbons (Fsp3) is 0.0952. The third kappa shape index (κ3) is 3.78. The second-order valence-corrected chi connectivity index (χ2v) is 6.34. The van der Waals surface area contributed by atoms with Gasteiger partial charge in [0.2, 0.25) is 5.91 Å². The molecule has 0 fully saturated rings. The molecule has 0 bridgehead atoms. The van der Waals surface area contributed by atoms with Crippen LogP contribution in [0.3, 0.4) is 0 Å². The van der Waals surface area contributed by atoms with Crippen molar-refractivity contribution in [2.24, 2.45) is 0 Å². The zero-order chi connectivity index (χ0) is 19.5. The standard InChI is InChI=1S/C21H18N4O3/c1-14-21(27)24-18-11-16(8-9-19(18)28-14)23-20(26)10-7-15-12-22-25(13-15)17-5-3-2-4-6-17/h2-14H,1H3,(H,23,26)(H,24,27)/b10-7+/t14-/m0/s1. The van der Waals surface area contributed by atoms with Crippen LogP contribution < -0.4 is 15.4 Å². The summed E-state index contributed by atoms with van der Waals surface area (Å²) in [5.74, 6) is 0.0732. The van der Waals surface area contributed by atoms with E-state index in [4.69, 9.17) is 4.74 Å². The molecule has 2 aromatic carbocycles. The molecule has 0 spiro atoms. The Hall–Kier alpha value is -3.87. The van der Waals surface area contributed by atoms with Crippen LogP contribution in [0.15, 0.2) is 67.0 Å². The van der Waals surface area contributed by atoms with Crippen molar-refractivity contribution in [2.45, 2.75) is 13.0 Å². The van der Waals surface area contributed by atoms with E-state index in [0.29, 0.717) is 17.1 Å². The highest BCUT2D eigenvalue weighted by atomic mass is 16.5. The second kappa shape index (κ2) is 7.40. The molecule has 2 amide bonds. The van der Waals surface area contributed by atoms with Crippen LogP contribution in [-0.2, 0) is 9.59 Å². The van der Waals surface area contributed by atoms with Crippen molar-refractivity contribution in [2.75, 3.05) is 10.6 Å². The Morgan fingerprint density at radius 1 is 1.25 bits per heavy atom. The Morgan fingerprint density at radius 2 is 2.07 bits per heavy atom. The molecule has 28 heavy (non-hydrogen) atoms. The highest BCUT2D eigenvalue weighted by Gasteiger charge is 2.23. The second-order valence-electron chi connectivity index (χ2n) is 6.34. The monoisotopic (exact) mass is 374 g/mol. The normalized spacial score (nSPS) is 15.6. The van der Waals surface area contributed by atoms with Gasteiger partial charge >= 0.3 is 0 Å². The van der Waals surface area contributed by atoms with Gasteiger partial charge in [-0.2, -0.15) is 5.10 Å². The summed E-state index contributed by atoms with van der Waals surface area (Å²) in [6, 6.07) is 14.8. The number of nitrogens with one attached hydrogen (secondary N) is 2. The van der Waals surface area contributed by atoms with Gasteiger partial charge in [0.15, 0.2) is 6.10 Å². The SMILES string of the molecule is C[C@@H]1Oc2ccc(NC(=O)/C=C/c3cnn(-c4ccccc4)c3)cc2NC1=O. The Balaban J connectivity index is 1.42. The lowest BCUT2D eigenvalue weighted by Gasteiger charge is -2.23. The molecule has 7 heteroatoms. The minimum atomic E-state index is -0.535. The molecule has 4 rings (SSSR count). The first-order valence-electron chi connectivity index (χ1n) is 8.79. The van der Waals surface area contributed by atoms with Gasteiger partial charge < -0.3 is 15.4 Å². The number of fused-ring (bicyclic) bond motifs is 1. The lowest BCUT2D eigenvalue weighted by molar-refractivity contribution is -0.122. The van der Waals surface area contributed by atoms with Gasteiger partial charge in [-0.1, -0.05) is 18.2 Å². The zero-order valence-electron chi connectivity index (χ0n) is 15.1. The van der Waals surface area contributed by atoms with Gasteiger partial charge in [0.1, 0.15) is 5.75 Å². The average molecular weight is 374 g/mol. The zero-order valence-corrected chi connectivity index (χ0v) is 15.1. The fourth-order valence-electron chi connectivity index (χ4n) is 2.79. The first kappa shape index (κ1) is 17.5. The Kier molecular flexibility index (Phi) is 4.63. The maximum absolute atomic E-state index is 12.2. The first-order valence-corrected chi connectivity index (χ1v) is 8.79. The number of benzene rings is 2. The summed E-state index contributed by atoms with van der Waals surface area (Å²) in [6.07, 6.45) is 6.11. The van der Waals surface area contributed by atoms with Gasteiger partial charge in [-0.05, 0) is 43.3 Å². The van der Waals surface area contributed by atoms with Crippen LogP contribution >= 0.6 is 0 Å². The van der Waals surface area contributed by atoms with Crippen molar-refractivity contribution in [3.05, 3.63) is 72.6 Å². The minimum Gasteiger partial charge on any atom is -0.479 e. The Morgan fingerprint density at radius 3 is 2.89 bits per heavy atom. The van der Waals surface area contributed by atoms with Crippen LogP contribution in [0.4, 0.5) is 11.4 Å². The molecule has 7 nitrogen and oxygen atoms in total. The lowest BCUT2D eigenvalue weighted by Crippen LogP contribution is -2.34. The molecule has 0 unspecified atom stereocenters. The number of ether oxygens (including phenoxy) is 1. The molecule has 140 valence electrons. The molecule has 3 aromatic rings. The molecule has 2 N–H and O–H groups in total. The van der Waals surface area contributed by atoms with E-state index in [1.54, 1.807) is 42.1 Å². The smallest absolute Gasteiger partial charge is 0.265 e. The molecule has 0 saturated heterocycles. The van der Waals surface area contributed by atoms with Gasteiger partial charge in [-0.3, -0.25) is 9.59 Å². The molecule has 1 aliphatic heterocycles. The third-order valence-electron chi connectivity index (χ3n) is 4.23. The van der Waals surface area contributed by atoms with Crippen molar-refractivity contribution in [3.8, 4) is 11.4 Å². The topological polar surface area (TPSA) is 85.2 Å². The average Bonchev–Trinajstić information content (AvgIpc) is 3.17. The van der Waals surface area contributed by atoms with Crippen LogP contribution in [0, 0.1) is 0 Å². The summed E-state index contributed by atoms with van der Waals surface area (Å²) in [4.78, 5) is 23.9. The van der Waals surface area contributed by atoms with Crippen molar-refractivity contribution in [1.29, 1.82) is 0 Å². The summed E-state index contributed by atoms with van der Waals surface area (Å²) >= 11 is 0. The predicted molar refractivity (Wildman–Crippen MR) is 106 cm³/mol. The van der Waals surface area contributed by atoms with E-state index < -0.39 is 6.10 Å². The minimum absolute atomic E-state index is 0.216. The molecular weight excluding hydrogens is 356 g/mol. The first-order chi connectivity index (χ1) is 13.6. The van der Waals surface area contributed by atoms with Crippen molar-refractivity contribution in [3.63, 3.8) is 0 Å². The number of anilines is 2. The van der Waals surface area contributed by atoms with Crippen LogP contribution in [0.25, 0.3) is 11.8 Å². The lowest BCUT2D eigenvalue weighted by atomic mass is 10.2. The molecule has 2 heterocycles. The van der Waals surface area contributed by atoms with Crippen molar-refractivity contribution in [1.82, 2.24) is 9.78 Å². The predicted octanol–water partition coefficient (Wildman–Crippen LogP) is 3.24. The summed E-state index contributed by atoms with van der Waals surface area (Å²) < 4.78 is 7.24. The molecule has 1 atom stereocenters. The number of hydrogen-bond acceptors (Lipinski definition) is 4. The summed E-state index contributed by atoms with van der Waals surface area (Å²) in [7, 11) is 0. The number of carbonyl (C=O) groups is 2. The molecule has 1 aliphatic rings. The highest BCUT2D eigenvalue weighted by molar-refractivity contribution is 6.03. The van der Waals surface area contributed by atoms with E-state index in [9.17, 15) is 9.59 Å². The summed E-state index contributed by atoms with van der Waals surface area (Å²) in [5, 5.41) is 9.81. The number of hydrogen-bond donors (Lipinski definition) is 2. The van der Waals surface area contributed by atoms with Crippen LogP contribution in [-0.4, -0.2) is 27.7 Å². The number of amides is 2. The maximum Gasteiger partial charge on any atom is 0.265 e. The molecule has 1 aromatic heterocycles. The van der Waals surface area contributed by atoms with Gasteiger partial charge in [-0.15, -0.1) is 0 Å². The van der Waals surface area contributed by atoms with Gasteiger partial charge in [0, 0.05) is 23.5 Å². The van der Waals surface area contributed by atoms with Gasteiger partial charge in [0.05, 0.1) is 17.6 Å². The number of nitrogens with zero attached hydrogens (tertiary/aromatic N) is 2. The van der Waals surface area contributed by atoms with E-state index in [0.717, 1.165) is 11.3 Å². The molecule has 0 aliphatic carbocycles. The Bertz CT molecular complexity index is 1060.